The van der Waals surface area contributed by atoms with Crippen LogP contribution in [-0.2, 0) is 4.79 Å². The zero-order valence-electron chi connectivity index (χ0n) is 14.0. The number of Topliss-reactive ketones (excluding diaryl/α,β-unsaturated/α-hetero) is 1. The summed E-state index contributed by atoms with van der Waals surface area (Å²) in [5.41, 5.74) is -0.691. The maximum Gasteiger partial charge on any atom is 0.248 e. The zero-order chi connectivity index (χ0) is 16.0. The number of ketones is 1. The summed E-state index contributed by atoms with van der Waals surface area (Å²) in [6.07, 6.45) is 3.82. The molecule has 0 aromatic rings. The van der Waals surface area contributed by atoms with Gasteiger partial charge in [-0.2, -0.15) is 0 Å². The van der Waals surface area contributed by atoms with Crippen molar-refractivity contribution in [2.75, 3.05) is 13.1 Å². The van der Waals surface area contributed by atoms with Gasteiger partial charge < -0.3 is 4.90 Å². The Morgan fingerprint density at radius 1 is 1.19 bits per heavy atom. The summed E-state index contributed by atoms with van der Waals surface area (Å²) in [5.74, 6) is -1.43. The van der Waals surface area contributed by atoms with Crippen LogP contribution in [0, 0.1) is 11.3 Å². The summed E-state index contributed by atoms with van der Waals surface area (Å²) in [6, 6.07) is 0.520. The first kappa shape index (κ1) is 18.5. The van der Waals surface area contributed by atoms with Gasteiger partial charge in [0.15, 0.2) is 0 Å². The predicted molar refractivity (Wildman–Crippen MR) is 82.7 cm³/mol. The normalized spacial score (nSPS) is 19.2. The summed E-state index contributed by atoms with van der Waals surface area (Å²) < 4.78 is 26.5. The monoisotopic (exact) mass is 303 g/mol. The number of carbonyl (C=O) groups is 1. The van der Waals surface area contributed by atoms with Crippen LogP contribution in [0.5, 0.6) is 0 Å². The average Bonchev–Trinajstić information content (AvgIpc) is 2.42. The molecule has 0 radical (unpaired) electrons. The molecule has 0 amide bonds. The lowest BCUT2D eigenvalue weighted by molar-refractivity contribution is -0.136. The molecule has 0 spiro atoms. The topological polar surface area (TPSA) is 20.3 Å². The molecule has 0 aromatic carbocycles. The Hall–Kier alpha value is -0.510. The van der Waals surface area contributed by atoms with Gasteiger partial charge in [0.1, 0.15) is 5.78 Å². The van der Waals surface area contributed by atoms with Crippen molar-refractivity contribution in [2.24, 2.45) is 11.3 Å². The summed E-state index contributed by atoms with van der Waals surface area (Å²) >= 11 is 0. The molecular formula is C17H31F2NO. The van der Waals surface area contributed by atoms with E-state index in [0.29, 0.717) is 12.6 Å². The van der Waals surface area contributed by atoms with Gasteiger partial charge >= 0.3 is 0 Å². The Morgan fingerprint density at radius 2 is 1.76 bits per heavy atom. The van der Waals surface area contributed by atoms with E-state index in [4.69, 9.17) is 0 Å². The van der Waals surface area contributed by atoms with E-state index in [0.717, 1.165) is 6.54 Å². The minimum Gasteiger partial charge on any atom is -0.301 e. The lowest BCUT2D eigenvalue weighted by atomic mass is 9.81. The van der Waals surface area contributed by atoms with E-state index in [-0.39, 0.29) is 12.2 Å². The molecule has 2 nitrogen and oxygen atoms in total. The fourth-order valence-electron chi connectivity index (χ4n) is 3.28. The van der Waals surface area contributed by atoms with Crippen molar-refractivity contribution in [2.45, 2.75) is 78.7 Å². The lowest BCUT2D eigenvalue weighted by Crippen LogP contribution is -2.40. The molecule has 0 N–H and O–H groups in total. The highest BCUT2D eigenvalue weighted by Crippen LogP contribution is 2.28. The molecule has 1 rings (SSSR count). The fourth-order valence-corrected chi connectivity index (χ4v) is 3.28. The Kier molecular flexibility index (Phi) is 7.25. The predicted octanol–water partition coefficient (Wildman–Crippen LogP) is 4.53. The van der Waals surface area contributed by atoms with Crippen LogP contribution in [0.2, 0.25) is 0 Å². The first-order chi connectivity index (χ1) is 9.77. The Bertz CT molecular complexity index is 319. The van der Waals surface area contributed by atoms with Gasteiger partial charge in [-0.1, -0.05) is 47.0 Å². The van der Waals surface area contributed by atoms with E-state index in [1.54, 1.807) is 20.8 Å². The minimum atomic E-state index is -2.55. The quantitative estimate of drug-likeness (QED) is 0.689. The van der Waals surface area contributed by atoms with Crippen molar-refractivity contribution >= 4 is 5.78 Å². The van der Waals surface area contributed by atoms with Gasteiger partial charge in [0.2, 0.25) is 6.43 Å². The molecule has 0 aromatic heterocycles. The number of hydrogen-bond acceptors (Lipinski definition) is 2. The van der Waals surface area contributed by atoms with E-state index in [2.05, 4.69) is 11.8 Å². The Balaban J connectivity index is 2.60. The molecule has 4 heteroatoms. The highest BCUT2D eigenvalue weighted by molar-refractivity contribution is 5.86. The Morgan fingerprint density at radius 3 is 2.19 bits per heavy atom. The number of rotatable bonds is 7. The Labute approximate surface area is 128 Å². The van der Waals surface area contributed by atoms with Gasteiger partial charge in [0.25, 0.3) is 0 Å². The summed E-state index contributed by atoms with van der Waals surface area (Å²) in [5, 5.41) is 0. The summed E-state index contributed by atoms with van der Waals surface area (Å²) in [6.45, 7) is 8.75. The molecule has 1 aliphatic rings. The molecule has 21 heavy (non-hydrogen) atoms. The van der Waals surface area contributed by atoms with E-state index >= 15 is 0 Å². The van der Waals surface area contributed by atoms with Crippen LogP contribution in [0.4, 0.5) is 8.78 Å². The second kappa shape index (κ2) is 8.21. The van der Waals surface area contributed by atoms with E-state index < -0.39 is 17.8 Å². The maximum absolute atomic E-state index is 13.2. The summed E-state index contributed by atoms with van der Waals surface area (Å²) in [7, 11) is 0. The maximum atomic E-state index is 13.2. The van der Waals surface area contributed by atoms with Gasteiger partial charge in [-0.3, -0.25) is 4.79 Å². The van der Waals surface area contributed by atoms with Crippen molar-refractivity contribution in [3.63, 3.8) is 0 Å². The molecule has 0 heterocycles. The second-order valence-electron chi connectivity index (χ2n) is 7.26. The van der Waals surface area contributed by atoms with Crippen molar-refractivity contribution in [1.82, 2.24) is 4.90 Å². The number of nitrogens with zero attached hydrogens (tertiary/aromatic N) is 1. The van der Waals surface area contributed by atoms with Gasteiger partial charge in [-0.25, -0.2) is 8.78 Å². The highest BCUT2D eigenvalue weighted by atomic mass is 19.3. The first-order valence-corrected chi connectivity index (χ1v) is 8.34. The van der Waals surface area contributed by atoms with Gasteiger partial charge in [0.05, 0.1) is 5.92 Å². The molecular weight excluding hydrogens is 272 g/mol. The molecule has 1 aliphatic carbocycles. The largest absolute Gasteiger partial charge is 0.301 e. The van der Waals surface area contributed by atoms with Gasteiger partial charge in [-0.15, -0.1) is 0 Å². The number of carbonyl (C=O) groups excluding carboxylic acids is 1. The minimum absolute atomic E-state index is 0.276. The molecule has 1 unspecified atom stereocenters. The first-order valence-electron chi connectivity index (χ1n) is 8.34. The van der Waals surface area contributed by atoms with Crippen molar-refractivity contribution in [3.05, 3.63) is 0 Å². The fraction of sp³-hybridized carbons (Fsp3) is 0.941. The lowest BCUT2D eigenvalue weighted by Gasteiger charge is -2.34. The molecule has 1 atom stereocenters. The van der Waals surface area contributed by atoms with Crippen molar-refractivity contribution in [1.29, 1.82) is 0 Å². The molecule has 0 saturated heterocycles. The third kappa shape index (κ3) is 5.65. The van der Waals surface area contributed by atoms with Crippen LogP contribution >= 0.6 is 0 Å². The van der Waals surface area contributed by atoms with Crippen LogP contribution in [0.25, 0.3) is 0 Å². The zero-order valence-corrected chi connectivity index (χ0v) is 14.0. The second-order valence-corrected chi connectivity index (χ2v) is 7.26. The third-order valence-electron chi connectivity index (χ3n) is 4.60. The molecule has 1 saturated carbocycles. The number of halogens is 2. The number of alkyl halides is 2. The third-order valence-corrected chi connectivity index (χ3v) is 4.60. The van der Waals surface area contributed by atoms with Crippen LogP contribution in [0.3, 0.4) is 0 Å². The van der Waals surface area contributed by atoms with E-state index in [9.17, 15) is 13.6 Å². The molecule has 0 bridgehead atoms. The summed E-state index contributed by atoms with van der Waals surface area (Å²) in [4.78, 5) is 14.5. The van der Waals surface area contributed by atoms with Crippen molar-refractivity contribution < 1.29 is 13.6 Å². The van der Waals surface area contributed by atoms with Gasteiger partial charge in [0, 0.05) is 11.5 Å². The van der Waals surface area contributed by atoms with Crippen molar-refractivity contribution in [3.8, 4) is 0 Å². The van der Waals surface area contributed by atoms with Crippen LogP contribution in [0.15, 0.2) is 0 Å². The molecule has 1 fully saturated rings. The van der Waals surface area contributed by atoms with Gasteiger partial charge in [-0.05, 0) is 32.4 Å². The SMILES string of the molecule is CCN(CCC(C(=O)C(C)(C)C)C(F)F)C1CCCCC1. The van der Waals surface area contributed by atoms with E-state index in [1.807, 2.05) is 0 Å². The average molecular weight is 303 g/mol. The number of hydrogen-bond donors (Lipinski definition) is 0. The highest BCUT2D eigenvalue weighted by Gasteiger charge is 2.36. The smallest absolute Gasteiger partial charge is 0.248 e. The van der Waals surface area contributed by atoms with Crippen LogP contribution < -0.4 is 0 Å². The molecule has 124 valence electrons. The van der Waals surface area contributed by atoms with Crippen LogP contribution in [0.1, 0.15) is 66.2 Å². The molecule has 0 aliphatic heterocycles. The van der Waals surface area contributed by atoms with Crippen LogP contribution in [-0.4, -0.2) is 36.2 Å². The standard InChI is InChI=1S/C17H31F2NO/c1-5-20(13-9-7-6-8-10-13)12-11-14(16(18)19)15(21)17(2,3)4/h13-14,16H,5-12H2,1-4H3. The van der Waals surface area contributed by atoms with E-state index in [1.165, 1.54) is 32.1 Å².